The summed E-state index contributed by atoms with van der Waals surface area (Å²) >= 11 is 0.677. The predicted octanol–water partition coefficient (Wildman–Crippen LogP) is 3.86. The molecule has 4 nitrogen and oxygen atoms in total. The van der Waals surface area contributed by atoms with Crippen LogP contribution < -0.4 is 0 Å². The third-order valence-electron chi connectivity index (χ3n) is 2.96. The van der Waals surface area contributed by atoms with Gasteiger partial charge in [0.25, 0.3) is 11.1 Å². The van der Waals surface area contributed by atoms with E-state index in [1.54, 1.807) is 13.8 Å². The lowest BCUT2D eigenvalue weighted by Gasteiger charge is -2.16. The molecule has 0 bridgehead atoms. The van der Waals surface area contributed by atoms with E-state index in [1.807, 2.05) is 0 Å². The number of carbonyl (C=O) groups is 2. The van der Waals surface area contributed by atoms with Gasteiger partial charge in [-0.25, -0.2) is 0 Å². The summed E-state index contributed by atoms with van der Waals surface area (Å²) in [5.74, 6) is -1.42. The van der Waals surface area contributed by atoms with Gasteiger partial charge in [-0.3, -0.25) is 14.5 Å². The van der Waals surface area contributed by atoms with E-state index in [4.69, 9.17) is 0 Å². The lowest BCUT2D eigenvalue weighted by Crippen LogP contribution is -2.34. The molecule has 0 aliphatic carbocycles. The molecule has 8 heteroatoms. The van der Waals surface area contributed by atoms with Gasteiger partial charge >= 0.3 is 6.18 Å². The summed E-state index contributed by atoms with van der Waals surface area (Å²) in [4.78, 5) is 24.9. The van der Waals surface area contributed by atoms with Crippen molar-refractivity contribution in [1.82, 2.24) is 4.90 Å². The minimum atomic E-state index is -4.70. The Bertz CT molecular complexity index is 668. The Morgan fingerprint density at radius 2 is 1.91 bits per heavy atom. The molecular weight excluding hydrogens is 319 g/mol. The fourth-order valence-electron chi connectivity index (χ4n) is 1.95. The lowest BCUT2D eigenvalue weighted by molar-refractivity contribution is -0.138. The molecule has 0 atom stereocenters. The van der Waals surface area contributed by atoms with Crippen LogP contribution in [0.25, 0.3) is 6.08 Å². The summed E-state index contributed by atoms with van der Waals surface area (Å²) in [5, 5.41) is 8.81. The number of nitrogens with zero attached hydrogens (tertiary/aromatic N) is 1. The van der Waals surface area contributed by atoms with Crippen LogP contribution in [0.4, 0.5) is 18.0 Å². The smallest absolute Gasteiger partial charge is 0.419 e. The lowest BCUT2D eigenvalue weighted by atomic mass is 10.1. The molecule has 0 spiro atoms. The maximum atomic E-state index is 12.7. The zero-order valence-corrected chi connectivity index (χ0v) is 12.5. The molecule has 1 saturated heterocycles. The number of rotatable bonds is 2. The normalized spacial score (nSPS) is 17.9. The van der Waals surface area contributed by atoms with Crippen LogP contribution in [-0.4, -0.2) is 27.2 Å². The van der Waals surface area contributed by atoms with Crippen molar-refractivity contribution in [3.05, 3.63) is 34.2 Å². The van der Waals surface area contributed by atoms with Gasteiger partial charge in [-0.15, -0.1) is 0 Å². The molecule has 2 amide bonds. The fourth-order valence-corrected chi connectivity index (χ4v) is 2.91. The minimum absolute atomic E-state index is 0.0533. The third kappa shape index (κ3) is 3.11. The van der Waals surface area contributed by atoms with E-state index >= 15 is 0 Å². The van der Waals surface area contributed by atoms with E-state index in [2.05, 4.69) is 0 Å². The van der Waals surface area contributed by atoms with Gasteiger partial charge in [0.05, 0.1) is 10.5 Å². The molecule has 0 unspecified atom stereocenters. The van der Waals surface area contributed by atoms with E-state index in [1.165, 1.54) is 12.1 Å². The van der Waals surface area contributed by atoms with Gasteiger partial charge in [-0.05, 0) is 49.4 Å². The monoisotopic (exact) mass is 331 g/mol. The van der Waals surface area contributed by atoms with E-state index < -0.39 is 28.6 Å². The number of aromatic hydroxyl groups is 1. The van der Waals surface area contributed by atoms with E-state index in [9.17, 15) is 27.9 Å². The quantitative estimate of drug-likeness (QED) is 0.836. The summed E-state index contributed by atoms with van der Waals surface area (Å²) < 4.78 is 38.2. The van der Waals surface area contributed by atoms with Crippen molar-refractivity contribution in [3.63, 3.8) is 0 Å². The maximum absolute atomic E-state index is 12.7. The average molecular weight is 331 g/mol. The number of imide groups is 1. The molecule has 118 valence electrons. The first-order valence-corrected chi connectivity index (χ1v) is 7.10. The van der Waals surface area contributed by atoms with Gasteiger partial charge in [0.2, 0.25) is 0 Å². The number of halogens is 3. The summed E-state index contributed by atoms with van der Waals surface area (Å²) in [6.07, 6.45) is -3.49. The van der Waals surface area contributed by atoms with Crippen LogP contribution in [0.2, 0.25) is 0 Å². The molecule has 0 radical (unpaired) electrons. The summed E-state index contributed by atoms with van der Waals surface area (Å²) in [6, 6.07) is 2.55. The number of alkyl halides is 3. The second-order valence-electron chi connectivity index (χ2n) is 4.92. The van der Waals surface area contributed by atoms with E-state index in [0.717, 1.165) is 17.0 Å². The Kier molecular flexibility index (Phi) is 4.23. The van der Waals surface area contributed by atoms with Crippen molar-refractivity contribution >= 4 is 29.0 Å². The standard InChI is InChI=1S/C14H12F3NO3S/c1-7(2)18-12(20)11(22-13(18)21)6-8-3-4-10(19)9(5-8)14(15,16)17/h3-7,19H,1-2H3/b11-6+. The number of carbonyl (C=O) groups excluding carboxylic acids is 2. The molecule has 0 saturated carbocycles. The first-order valence-electron chi connectivity index (χ1n) is 6.28. The second kappa shape index (κ2) is 5.68. The highest BCUT2D eigenvalue weighted by atomic mass is 32.2. The largest absolute Gasteiger partial charge is 0.507 e. The molecule has 1 aliphatic heterocycles. The predicted molar refractivity (Wildman–Crippen MR) is 76.1 cm³/mol. The van der Waals surface area contributed by atoms with Crippen molar-refractivity contribution in [2.45, 2.75) is 26.1 Å². The Labute approximate surface area is 128 Å². The Balaban J connectivity index is 2.39. The van der Waals surface area contributed by atoms with Crippen molar-refractivity contribution in [2.75, 3.05) is 0 Å². The Morgan fingerprint density at radius 1 is 1.27 bits per heavy atom. The number of amides is 2. The highest BCUT2D eigenvalue weighted by Crippen LogP contribution is 2.38. The van der Waals surface area contributed by atoms with Crippen molar-refractivity contribution < 1.29 is 27.9 Å². The van der Waals surface area contributed by atoms with Gasteiger partial charge in [-0.2, -0.15) is 13.2 Å². The number of phenolic OH excluding ortho intramolecular Hbond substituents is 1. The zero-order chi connectivity index (χ0) is 16.7. The molecule has 0 aromatic heterocycles. The maximum Gasteiger partial charge on any atom is 0.419 e. The van der Waals surface area contributed by atoms with E-state index in [0.29, 0.717) is 11.8 Å². The van der Waals surface area contributed by atoms with Crippen molar-refractivity contribution in [2.24, 2.45) is 0 Å². The van der Waals surface area contributed by atoms with E-state index in [-0.39, 0.29) is 16.5 Å². The molecule has 1 aromatic rings. The number of benzene rings is 1. The molecule has 22 heavy (non-hydrogen) atoms. The molecule has 2 rings (SSSR count). The molecule has 1 fully saturated rings. The first kappa shape index (κ1) is 16.4. The van der Waals surface area contributed by atoms with Gasteiger partial charge in [0, 0.05) is 6.04 Å². The van der Waals surface area contributed by atoms with Gasteiger partial charge in [0.1, 0.15) is 5.75 Å². The highest BCUT2D eigenvalue weighted by Gasteiger charge is 2.37. The Hall–Kier alpha value is -1.96. The van der Waals surface area contributed by atoms with Crippen LogP contribution in [0.1, 0.15) is 25.0 Å². The van der Waals surface area contributed by atoms with Gasteiger partial charge in [0.15, 0.2) is 0 Å². The van der Waals surface area contributed by atoms with Crippen LogP contribution in [0.3, 0.4) is 0 Å². The fraction of sp³-hybridized carbons (Fsp3) is 0.286. The molecule has 1 N–H and O–H groups in total. The summed E-state index contributed by atoms with van der Waals surface area (Å²) in [7, 11) is 0. The second-order valence-corrected chi connectivity index (χ2v) is 5.91. The van der Waals surface area contributed by atoms with Gasteiger partial charge in [-0.1, -0.05) is 6.07 Å². The number of thioether (sulfide) groups is 1. The topological polar surface area (TPSA) is 57.6 Å². The summed E-state index contributed by atoms with van der Waals surface area (Å²) in [6.45, 7) is 3.34. The SMILES string of the molecule is CC(C)N1C(=O)S/C(=C/c2ccc(O)c(C(F)(F)F)c2)C1=O. The number of hydrogen-bond acceptors (Lipinski definition) is 4. The number of phenols is 1. The van der Waals surface area contributed by atoms with Crippen LogP contribution >= 0.6 is 11.8 Å². The number of hydrogen-bond donors (Lipinski definition) is 1. The van der Waals surface area contributed by atoms with Crippen LogP contribution in [0.15, 0.2) is 23.1 Å². The van der Waals surface area contributed by atoms with Crippen LogP contribution in [0.5, 0.6) is 5.75 Å². The van der Waals surface area contributed by atoms with Gasteiger partial charge < -0.3 is 5.11 Å². The van der Waals surface area contributed by atoms with Crippen molar-refractivity contribution in [3.8, 4) is 5.75 Å². The average Bonchev–Trinajstić information content (AvgIpc) is 2.65. The third-order valence-corrected chi connectivity index (χ3v) is 3.85. The van der Waals surface area contributed by atoms with Crippen LogP contribution in [-0.2, 0) is 11.0 Å². The molecule has 1 heterocycles. The first-order chi connectivity index (χ1) is 10.1. The molecule has 1 aliphatic rings. The molecule has 1 aromatic carbocycles. The highest BCUT2D eigenvalue weighted by molar-refractivity contribution is 8.18. The minimum Gasteiger partial charge on any atom is -0.507 e. The zero-order valence-electron chi connectivity index (χ0n) is 11.6. The van der Waals surface area contributed by atoms with Crippen molar-refractivity contribution in [1.29, 1.82) is 0 Å². The summed E-state index contributed by atoms with van der Waals surface area (Å²) in [5.41, 5.74) is -1.11. The molecular formula is C14H12F3NO3S. The Morgan fingerprint density at radius 3 is 2.41 bits per heavy atom. The van der Waals surface area contributed by atoms with Crippen LogP contribution in [0, 0.1) is 0 Å².